The molecule has 1 aromatic heterocycles. The summed E-state index contributed by atoms with van der Waals surface area (Å²) in [4.78, 5) is 71.9. The highest BCUT2D eigenvalue weighted by molar-refractivity contribution is 7.61. The zero-order chi connectivity index (χ0) is 33.3. The van der Waals surface area contributed by atoms with Gasteiger partial charge in [-0.05, 0) is 30.7 Å². The van der Waals surface area contributed by atoms with Crippen molar-refractivity contribution in [2.24, 2.45) is 0 Å². The molecule has 2 heterocycles. The van der Waals surface area contributed by atoms with Crippen LogP contribution < -0.4 is 20.7 Å². The number of hydrogen-bond acceptors (Lipinski definition) is 14. The Labute approximate surface area is 259 Å². The largest absolute Gasteiger partial charge is 0.514 e. The van der Waals surface area contributed by atoms with Crippen molar-refractivity contribution < 1.29 is 65.5 Å². The van der Waals surface area contributed by atoms with E-state index in [9.17, 15) is 38.1 Å². The van der Waals surface area contributed by atoms with Crippen molar-refractivity contribution in [1.29, 1.82) is 0 Å². The van der Waals surface area contributed by atoms with Crippen LogP contribution in [0.2, 0.25) is 0 Å². The third-order valence-electron chi connectivity index (χ3n) is 5.83. The number of aromatic nitrogens is 2. The second-order valence-electron chi connectivity index (χ2n) is 9.23. The second kappa shape index (κ2) is 15.4. The molecule has 3 aromatic rings. The number of aromatic amines is 1. The average molecular weight is 686 g/mol. The van der Waals surface area contributed by atoms with Crippen LogP contribution in [0.3, 0.4) is 0 Å². The van der Waals surface area contributed by atoms with Gasteiger partial charge in [0.25, 0.3) is 5.56 Å². The van der Waals surface area contributed by atoms with Gasteiger partial charge in [0.15, 0.2) is 18.4 Å². The van der Waals surface area contributed by atoms with Crippen LogP contribution in [-0.4, -0.2) is 63.2 Å². The number of phosphoric ester groups is 2. The van der Waals surface area contributed by atoms with E-state index in [4.69, 9.17) is 28.2 Å². The van der Waals surface area contributed by atoms with E-state index in [1.807, 2.05) is 4.98 Å². The minimum Gasteiger partial charge on any atom is -0.424 e. The summed E-state index contributed by atoms with van der Waals surface area (Å²) in [6.45, 7) is 0.299. The van der Waals surface area contributed by atoms with Crippen molar-refractivity contribution in [2.75, 3.05) is 13.2 Å². The topological polar surface area (TPSA) is 237 Å². The van der Waals surface area contributed by atoms with Gasteiger partial charge < -0.3 is 33.5 Å². The first-order chi connectivity index (χ1) is 21.9. The Bertz CT molecular complexity index is 1700. The van der Waals surface area contributed by atoms with Gasteiger partial charge >= 0.3 is 33.6 Å². The number of H-pyrrole nitrogens is 1. The Balaban J connectivity index is 1.64. The number of hydrogen-bond donors (Lipinski definition) is 3. The molecule has 20 heteroatoms. The maximum Gasteiger partial charge on any atom is 0.514 e. The molecule has 4 rings (SSSR count). The van der Waals surface area contributed by atoms with Crippen molar-refractivity contribution >= 4 is 28.0 Å². The third kappa shape index (κ3) is 9.94. The number of nitrogens with one attached hydrogen (secondary N) is 1. The van der Waals surface area contributed by atoms with Crippen LogP contribution in [0.4, 0.5) is 9.59 Å². The van der Waals surface area contributed by atoms with E-state index >= 15 is 0 Å². The number of benzene rings is 2. The average Bonchev–Trinajstić information content (AvgIpc) is 3.31. The summed E-state index contributed by atoms with van der Waals surface area (Å²) >= 11 is 0. The fraction of sp³-hybridized carbons (Fsp3) is 0.308. The predicted octanol–water partition coefficient (Wildman–Crippen LogP) is 3.26. The molecule has 46 heavy (non-hydrogen) atoms. The summed E-state index contributed by atoms with van der Waals surface area (Å²) in [5.74, 6) is 0.106. The van der Waals surface area contributed by atoms with Crippen LogP contribution >= 0.6 is 15.6 Å². The van der Waals surface area contributed by atoms with Gasteiger partial charge in [-0.25, -0.2) is 23.5 Å². The van der Waals surface area contributed by atoms with Crippen molar-refractivity contribution in [3.8, 4) is 11.5 Å². The maximum absolute atomic E-state index is 12.8. The van der Waals surface area contributed by atoms with Gasteiger partial charge in [0.1, 0.15) is 17.6 Å². The molecule has 0 amide bonds. The minimum atomic E-state index is -5.36. The molecule has 1 fully saturated rings. The van der Waals surface area contributed by atoms with Crippen LogP contribution in [0.1, 0.15) is 19.6 Å². The molecule has 0 saturated carbocycles. The monoisotopic (exact) mass is 686 g/mol. The van der Waals surface area contributed by atoms with Crippen LogP contribution in [0, 0.1) is 0 Å². The lowest BCUT2D eigenvalue weighted by atomic mass is 10.1. The summed E-state index contributed by atoms with van der Waals surface area (Å²) in [6, 6.07) is 16.2. The Morgan fingerprint density at radius 3 is 1.93 bits per heavy atom. The first-order valence-corrected chi connectivity index (χ1v) is 16.3. The van der Waals surface area contributed by atoms with Gasteiger partial charge in [0.2, 0.25) is 0 Å². The fourth-order valence-corrected chi connectivity index (χ4v) is 6.12. The predicted molar refractivity (Wildman–Crippen MR) is 153 cm³/mol. The molecule has 1 saturated heterocycles. The Hall–Kier alpha value is -4.12. The van der Waals surface area contributed by atoms with Crippen LogP contribution in [0.5, 0.6) is 11.5 Å². The Kier molecular flexibility index (Phi) is 11.7. The standard InChI is InChI=1S/C26H28N2O16P2/c1-2-15-37-45(33,34)44-46(35,36)38-16-19-21(42-25(31)39-17-9-5-3-6-10-17)22(43-26(32)40-18-11-7-4-8-12-18)23(41-19)28-14-13-20(29)27-24(28)30/h3-14,19,21-23H,2,15-16H2,1H3,(H,33,34)(H,35,36)(H,27,29,30)/t19-,21+,22?,23-/m1/s1. The molecular formula is C26H28N2O16P2. The minimum absolute atomic E-state index is 0.0487. The molecule has 6 atom stereocenters. The first kappa shape index (κ1) is 34.7. The molecule has 0 radical (unpaired) electrons. The first-order valence-electron chi connectivity index (χ1n) is 13.4. The molecule has 1 aliphatic heterocycles. The van der Waals surface area contributed by atoms with Gasteiger partial charge in [-0.15, -0.1) is 0 Å². The number of nitrogens with zero attached hydrogens (tertiary/aromatic N) is 1. The number of carbonyl (C=O) groups is 2. The van der Waals surface area contributed by atoms with E-state index in [0.29, 0.717) is 0 Å². The summed E-state index contributed by atoms with van der Waals surface area (Å²) in [5, 5.41) is 0. The van der Waals surface area contributed by atoms with E-state index in [1.165, 1.54) is 24.3 Å². The van der Waals surface area contributed by atoms with E-state index in [0.717, 1.165) is 16.8 Å². The van der Waals surface area contributed by atoms with E-state index in [-0.39, 0.29) is 24.5 Å². The highest BCUT2D eigenvalue weighted by atomic mass is 31.3. The Morgan fingerprint density at radius 1 is 0.848 bits per heavy atom. The van der Waals surface area contributed by atoms with Gasteiger partial charge in [0.05, 0.1) is 13.2 Å². The summed E-state index contributed by atoms with van der Waals surface area (Å²) in [6.07, 6.45) is -8.29. The SMILES string of the molecule is CCCOP(=O)(O)OP(=O)(O)OC[C@H]1O[C@@H](n2ccc(=O)[nH]c2=O)C(OC(=O)Oc2ccccc2)[C@H]1OC(=O)Oc1ccccc1. The third-order valence-corrected chi connectivity index (χ3v) is 8.47. The molecule has 0 aliphatic carbocycles. The highest BCUT2D eigenvalue weighted by Crippen LogP contribution is 2.60. The lowest BCUT2D eigenvalue weighted by Crippen LogP contribution is -2.43. The zero-order valence-electron chi connectivity index (χ0n) is 23.8. The van der Waals surface area contributed by atoms with Crippen molar-refractivity contribution in [3.05, 3.63) is 93.8 Å². The maximum atomic E-state index is 12.8. The van der Waals surface area contributed by atoms with Crippen LogP contribution in [0.15, 0.2) is 82.5 Å². The number of rotatable bonds is 13. The Morgan fingerprint density at radius 2 is 1.39 bits per heavy atom. The summed E-state index contributed by atoms with van der Waals surface area (Å²) in [5.41, 5.74) is -1.82. The second-order valence-corrected chi connectivity index (χ2v) is 12.3. The number of carbonyl (C=O) groups excluding carboxylic acids is 2. The van der Waals surface area contributed by atoms with Gasteiger partial charge in [-0.2, -0.15) is 4.31 Å². The normalized spacial score (nSPS) is 21.8. The molecule has 0 bridgehead atoms. The summed E-state index contributed by atoms with van der Waals surface area (Å²) in [7, 11) is -10.4. The van der Waals surface area contributed by atoms with E-state index in [2.05, 4.69) is 8.83 Å². The van der Waals surface area contributed by atoms with Gasteiger partial charge in [0, 0.05) is 12.3 Å². The molecular weight excluding hydrogens is 658 g/mol. The zero-order valence-corrected chi connectivity index (χ0v) is 25.6. The molecule has 18 nitrogen and oxygen atoms in total. The lowest BCUT2D eigenvalue weighted by molar-refractivity contribution is -0.0605. The molecule has 0 spiro atoms. The number of ether oxygens (including phenoxy) is 5. The van der Waals surface area contributed by atoms with Crippen LogP contribution in [0.25, 0.3) is 0 Å². The lowest BCUT2D eigenvalue weighted by Gasteiger charge is -2.24. The van der Waals surface area contributed by atoms with Crippen LogP contribution in [-0.2, 0) is 36.7 Å². The number of phosphoric acid groups is 2. The van der Waals surface area contributed by atoms with Gasteiger partial charge in [-0.1, -0.05) is 43.3 Å². The van der Waals surface area contributed by atoms with Gasteiger partial charge in [-0.3, -0.25) is 23.4 Å². The smallest absolute Gasteiger partial charge is 0.424 e. The molecule has 1 aliphatic rings. The van der Waals surface area contributed by atoms with Crippen molar-refractivity contribution in [1.82, 2.24) is 9.55 Å². The molecule has 3 unspecified atom stereocenters. The molecule has 2 aromatic carbocycles. The van der Waals surface area contributed by atoms with E-state index in [1.54, 1.807) is 43.3 Å². The fourth-order valence-electron chi connectivity index (χ4n) is 3.95. The molecule has 3 N–H and O–H groups in total. The summed E-state index contributed by atoms with van der Waals surface area (Å²) < 4.78 is 65.9. The van der Waals surface area contributed by atoms with Crippen molar-refractivity contribution in [2.45, 2.75) is 37.9 Å². The number of para-hydroxylation sites is 2. The molecule has 248 valence electrons. The van der Waals surface area contributed by atoms with Crippen molar-refractivity contribution in [3.63, 3.8) is 0 Å². The van der Waals surface area contributed by atoms with E-state index < -0.39 is 70.4 Å². The quantitative estimate of drug-likeness (QED) is 0.133. The highest BCUT2D eigenvalue weighted by Gasteiger charge is 2.52.